The normalized spacial score (nSPS) is 30.3. The highest BCUT2D eigenvalue weighted by Crippen LogP contribution is 2.53. The van der Waals surface area contributed by atoms with Gasteiger partial charge in [-0.05, 0) is 110 Å². The molecule has 58 heavy (non-hydrogen) atoms. The van der Waals surface area contributed by atoms with Gasteiger partial charge in [0.25, 0.3) is 10.1 Å². The van der Waals surface area contributed by atoms with E-state index >= 15 is 0 Å². The van der Waals surface area contributed by atoms with Gasteiger partial charge in [0.05, 0.1) is 17.0 Å². The SMILES string of the molecule is NC(N)=N[C@@]1(CCC2(O)CCCCC2)Oc2ccc(cc2)CC[C@@H](S(=O)(=O)O)[C@H]2C=C3C[C@H](C[C@@H]4C[C@@H](CO)CC#Cc5cc(O)ccc5[C@@H]3O4)[C@H]2c2ccc1cc2. The van der Waals surface area contributed by atoms with Gasteiger partial charge < -0.3 is 36.3 Å². The number of aryl methyl sites for hydroxylation is 1. The van der Waals surface area contributed by atoms with Gasteiger partial charge in [-0.1, -0.05) is 79.6 Å². The average molecular weight is 810 g/mol. The number of phenols is 1. The molecule has 0 radical (unpaired) electrons. The fraction of sp³-hybridized carbons (Fsp3) is 0.500. The molecule has 0 amide bonds. The van der Waals surface area contributed by atoms with Gasteiger partial charge in [0.2, 0.25) is 5.72 Å². The Labute approximate surface area is 341 Å². The van der Waals surface area contributed by atoms with E-state index in [2.05, 4.69) is 11.8 Å². The number of fused-ring (bicyclic) bond motifs is 7. The van der Waals surface area contributed by atoms with Gasteiger partial charge in [0, 0.05) is 42.1 Å². The summed E-state index contributed by atoms with van der Waals surface area (Å²) in [5, 5.41) is 31.4. The van der Waals surface area contributed by atoms with Crippen LogP contribution in [0.2, 0.25) is 0 Å². The lowest BCUT2D eigenvalue weighted by Crippen LogP contribution is -2.40. The Balaban J connectivity index is 1.28. The van der Waals surface area contributed by atoms with Crippen LogP contribution < -0.4 is 16.2 Å². The molecule has 8 N–H and O–H groups in total. The molecule has 11 nitrogen and oxygen atoms in total. The van der Waals surface area contributed by atoms with E-state index in [0.29, 0.717) is 74.7 Å². The van der Waals surface area contributed by atoms with Gasteiger partial charge >= 0.3 is 0 Å². The molecule has 308 valence electrons. The molecule has 8 bridgehead atoms. The fourth-order valence-electron chi connectivity index (χ4n) is 10.5. The molecular weight excluding hydrogens is 755 g/mol. The summed E-state index contributed by atoms with van der Waals surface area (Å²) in [5.74, 6) is 5.69. The second-order valence-electron chi connectivity index (χ2n) is 17.3. The minimum absolute atomic E-state index is 0.0598. The number of ether oxygens (including phenoxy) is 2. The molecular formula is C46H55N3O8S. The summed E-state index contributed by atoms with van der Waals surface area (Å²) in [7, 11) is -4.57. The first-order valence-corrected chi connectivity index (χ1v) is 22.3. The van der Waals surface area contributed by atoms with Crippen LogP contribution in [-0.2, 0) is 27.0 Å². The van der Waals surface area contributed by atoms with Crippen LogP contribution in [0.3, 0.4) is 0 Å². The first-order valence-electron chi connectivity index (χ1n) is 20.8. The molecule has 3 aromatic carbocycles. The number of allylic oxidation sites excluding steroid dienone is 1. The van der Waals surface area contributed by atoms with Crippen LogP contribution in [0.15, 0.2) is 83.4 Å². The molecule has 11 rings (SSSR count). The van der Waals surface area contributed by atoms with Gasteiger partial charge in [-0.3, -0.25) is 4.55 Å². The Morgan fingerprint density at radius 3 is 2.43 bits per heavy atom. The van der Waals surface area contributed by atoms with Gasteiger partial charge in [0.15, 0.2) is 5.96 Å². The van der Waals surface area contributed by atoms with E-state index in [1.54, 1.807) is 12.1 Å². The number of hydrogen-bond donors (Lipinski definition) is 6. The highest BCUT2D eigenvalue weighted by Gasteiger charge is 2.48. The predicted octanol–water partition coefficient (Wildman–Crippen LogP) is 6.51. The summed E-state index contributed by atoms with van der Waals surface area (Å²) in [6.07, 6.45) is 9.05. The number of hydrogen-bond acceptors (Lipinski definition) is 8. The van der Waals surface area contributed by atoms with Crippen molar-refractivity contribution in [3.63, 3.8) is 0 Å². The van der Waals surface area contributed by atoms with E-state index < -0.39 is 38.7 Å². The van der Waals surface area contributed by atoms with E-state index in [1.165, 1.54) is 0 Å². The van der Waals surface area contributed by atoms with Crippen LogP contribution in [0.5, 0.6) is 11.5 Å². The monoisotopic (exact) mass is 809 g/mol. The van der Waals surface area contributed by atoms with Crippen LogP contribution in [0.25, 0.3) is 0 Å². The molecule has 0 aromatic heterocycles. The van der Waals surface area contributed by atoms with Gasteiger partial charge in [-0.25, -0.2) is 4.99 Å². The van der Waals surface area contributed by atoms with Crippen molar-refractivity contribution in [2.45, 2.75) is 118 Å². The molecule has 3 aromatic rings. The van der Waals surface area contributed by atoms with E-state index in [-0.39, 0.29) is 48.6 Å². The topological polar surface area (TPSA) is 198 Å². The van der Waals surface area contributed by atoms with E-state index in [0.717, 1.165) is 41.5 Å². The van der Waals surface area contributed by atoms with Gasteiger partial charge in [-0.15, -0.1) is 0 Å². The molecule has 6 heterocycles. The van der Waals surface area contributed by atoms with Crippen molar-refractivity contribution >= 4 is 16.1 Å². The molecule has 6 aliphatic heterocycles. The standard InChI is InChI=1S/C46H55N3O8S/c47-44(48)49-46(22-21-45(52)19-2-1-3-20-45)35-12-10-31(11-13-35)42-33-24-34(27-40(42)41(58(53,54)55)18-9-29-7-15-37(57-46)16-8-29)43-39-17-14-36(51)25-32(39)6-4-5-30(28-50)23-38(26-33)56-43/h7-8,10-17,25,27,30,33,38,40-43,50-52H,1-3,5,9,18-24,26,28H2,(H4,47,48,49)(H,53,54,55)/t30-,33+,38-,40+,41+,42+,43+,46-/m0/s1. The third-order valence-electron chi connectivity index (χ3n) is 13.4. The fourth-order valence-corrected chi connectivity index (χ4v) is 11.5. The predicted molar refractivity (Wildman–Crippen MR) is 221 cm³/mol. The van der Waals surface area contributed by atoms with Crippen molar-refractivity contribution in [1.82, 2.24) is 0 Å². The molecule has 12 heteroatoms. The zero-order chi connectivity index (χ0) is 40.7. The van der Waals surface area contributed by atoms with Crippen LogP contribution in [0.4, 0.5) is 0 Å². The lowest BCUT2D eigenvalue weighted by Gasteiger charge is -2.41. The highest BCUT2D eigenvalue weighted by atomic mass is 32.2. The largest absolute Gasteiger partial charge is 0.508 e. The Bertz CT molecular complexity index is 2200. The average Bonchev–Trinajstić information content (AvgIpc) is 3.32. The summed E-state index contributed by atoms with van der Waals surface area (Å²) >= 11 is 0. The molecule has 0 spiro atoms. The number of nitrogens with zero attached hydrogens (tertiary/aromatic N) is 1. The lowest BCUT2D eigenvalue weighted by atomic mass is 9.65. The molecule has 2 aliphatic carbocycles. The van der Waals surface area contributed by atoms with Gasteiger partial charge in [-0.2, -0.15) is 8.42 Å². The maximum absolute atomic E-state index is 13.7. The third kappa shape index (κ3) is 8.52. The van der Waals surface area contributed by atoms with E-state index in [4.69, 9.17) is 25.9 Å². The summed E-state index contributed by atoms with van der Waals surface area (Å²) in [6, 6.07) is 20.4. The Hall–Kier alpha value is -4.38. The van der Waals surface area contributed by atoms with Gasteiger partial charge in [0.1, 0.15) is 17.6 Å². The maximum Gasteiger partial charge on any atom is 0.268 e. The number of rotatable bonds is 6. The Kier molecular flexibility index (Phi) is 11.4. The third-order valence-corrected chi connectivity index (χ3v) is 14.7. The minimum Gasteiger partial charge on any atom is -0.508 e. The second kappa shape index (κ2) is 16.3. The number of nitrogens with two attached hydrogens (primary N) is 2. The first-order chi connectivity index (χ1) is 27.8. The molecule has 8 aliphatic rings. The molecule has 1 saturated carbocycles. The lowest BCUT2D eigenvalue weighted by molar-refractivity contribution is -0.0311. The van der Waals surface area contributed by atoms with Crippen molar-refractivity contribution in [3.8, 4) is 23.3 Å². The summed E-state index contributed by atoms with van der Waals surface area (Å²) in [4.78, 5) is 4.77. The van der Waals surface area contributed by atoms with Crippen molar-refractivity contribution in [2.75, 3.05) is 6.61 Å². The van der Waals surface area contributed by atoms with E-state index in [9.17, 15) is 28.3 Å². The van der Waals surface area contributed by atoms with Crippen LogP contribution >= 0.6 is 0 Å². The summed E-state index contributed by atoms with van der Waals surface area (Å²) < 4.78 is 52.2. The zero-order valence-electron chi connectivity index (χ0n) is 32.8. The van der Waals surface area contributed by atoms with Crippen LogP contribution in [-0.4, -0.2) is 57.8 Å². The summed E-state index contributed by atoms with van der Waals surface area (Å²) in [6.45, 7) is -0.0598. The number of aromatic hydroxyl groups is 1. The molecule has 1 saturated heterocycles. The Morgan fingerprint density at radius 2 is 1.72 bits per heavy atom. The minimum atomic E-state index is -4.57. The number of aliphatic hydroxyl groups excluding tert-OH is 1. The smallest absolute Gasteiger partial charge is 0.268 e. The van der Waals surface area contributed by atoms with Crippen molar-refractivity contribution in [2.24, 2.45) is 34.2 Å². The summed E-state index contributed by atoms with van der Waals surface area (Å²) in [5.41, 5.74) is 14.9. The molecule has 2 fully saturated rings. The number of phenolic OH excluding ortho intramolecular Hbond substituents is 1. The van der Waals surface area contributed by atoms with Crippen LogP contribution in [0, 0.1) is 29.6 Å². The van der Waals surface area contributed by atoms with Crippen molar-refractivity contribution in [1.29, 1.82) is 0 Å². The quantitative estimate of drug-likeness (QED) is 0.0525. The second-order valence-corrected chi connectivity index (χ2v) is 18.9. The van der Waals surface area contributed by atoms with Crippen LogP contribution in [0.1, 0.15) is 117 Å². The highest BCUT2D eigenvalue weighted by molar-refractivity contribution is 7.86. The number of aliphatic imine (C=N–C) groups is 1. The maximum atomic E-state index is 13.7. The van der Waals surface area contributed by atoms with Crippen molar-refractivity contribution in [3.05, 3.63) is 106 Å². The zero-order valence-corrected chi connectivity index (χ0v) is 33.6. The number of aliphatic hydroxyl groups is 2. The molecule has 8 atom stereocenters. The molecule has 0 unspecified atom stereocenters. The number of benzene rings is 3. The van der Waals surface area contributed by atoms with Crippen molar-refractivity contribution < 1.29 is 37.8 Å². The first kappa shape index (κ1) is 40.4. The van der Waals surface area contributed by atoms with E-state index in [1.807, 2.05) is 60.7 Å². The Morgan fingerprint density at radius 1 is 0.966 bits per heavy atom. The number of guanidine groups is 1.